The fourth-order valence-electron chi connectivity index (χ4n) is 3.51. The van der Waals surface area contributed by atoms with Crippen molar-refractivity contribution in [2.75, 3.05) is 26.4 Å². The third kappa shape index (κ3) is 13.4. The molecule has 14 nitrogen and oxygen atoms in total. The number of nitrogens with one attached hydrogen (secondary N) is 1. The molecule has 1 N–H and O–H groups in total. The highest BCUT2D eigenvalue weighted by molar-refractivity contribution is 5.92. The van der Waals surface area contributed by atoms with Crippen molar-refractivity contribution in [3.05, 3.63) is 109 Å². The molecule has 0 aliphatic rings. The molecule has 0 bridgehead atoms. The average Bonchev–Trinajstić information content (AvgIpc) is 3.09. The van der Waals surface area contributed by atoms with Crippen molar-refractivity contribution in [3.8, 4) is 23.0 Å². The summed E-state index contributed by atoms with van der Waals surface area (Å²) in [5.41, 5.74) is 0.602. The number of rotatable bonds is 16. The standard InChI is InChI=1S/C35H33NO13/c1-4-30(37)43-20-5-6-21-45-35(42)49-29-13-9-25(10-14-29)33(40)47-27-17-15-26(16-18-27)46-32(39)24-7-11-28(12-8-24)48-34(41)36-19-22-44-31(38)23(2)3/h4,7-18H,1-2,5-6,19-22H2,3H3,(H,36,41). The van der Waals surface area contributed by atoms with E-state index in [4.69, 9.17) is 33.2 Å². The molecular formula is C35H33NO13. The molecule has 0 aliphatic carbocycles. The predicted molar refractivity (Wildman–Crippen MR) is 171 cm³/mol. The molecule has 0 saturated carbocycles. The van der Waals surface area contributed by atoms with Gasteiger partial charge in [0.25, 0.3) is 0 Å². The highest BCUT2D eigenvalue weighted by Crippen LogP contribution is 2.21. The summed E-state index contributed by atoms with van der Waals surface area (Å²) in [5.74, 6) is -1.78. The molecular weight excluding hydrogens is 642 g/mol. The molecule has 0 aliphatic heterocycles. The Morgan fingerprint density at radius 2 is 1.06 bits per heavy atom. The van der Waals surface area contributed by atoms with Crippen LogP contribution in [0.15, 0.2) is 97.6 Å². The van der Waals surface area contributed by atoms with Gasteiger partial charge in [0.2, 0.25) is 0 Å². The summed E-state index contributed by atoms with van der Waals surface area (Å²) in [6, 6.07) is 17.0. The van der Waals surface area contributed by atoms with Crippen LogP contribution in [0.25, 0.3) is 0 Å². The van der Waals surface area contributed by atoms with E-state index in [1.807, 2.05) is 0 Å². The van der Waals surface area contributed by atoms with Crippen LogP contribution < -0.4 is 24.3 Å². The Bertz CT molecular complexity index is 1650. The molecule has 3 rings (SSSR count). The predicted octanol–water partition coefficient (Wildman–Crippen LogP) is 5.36. The summed E-state index contributed by atoms with van der Waals surface area (Å²) >= 11 is 0. The Morgan fingerprint density at radius 1 is 0.612 bits per heavy atom. The summed E-state index contributed by atoms with van der Waals surface area (Å²) in [7, 11) is 0. The molecule has 14 heteroatoms. The number of hydrogen-bond donors (Lipinski definition) is 1. The van der Waals surface area contributed by atoms with Crippen molar-refractivity contribution < 1.29 is 61.9 Å². The normalized spacial score (nSPS) is 10.1. The molecule has 0 spiro atoms. The number of esters is 4. The first-order valence-electron chi connectivity index (χ1n) is 14.7. The van der Waals surface area contributed by atoms with Crippen LogP contribution >= 0.6 is 0 Å². The van der Waals surface area contributed by atoms with Gasteiger partial charge in [0.1, 0.15) is 29.6 Å². The van der Waals surface area contributed by atoms with Gasteiger partial charge in [-0.2, -0.15) is 0 Å². The maximum Gasteiger partial charge on any atom is 0.513 e. The van der Waals surface area contributed by atoms with E-state index in [1.165, 1.54) is 79.7 Å². The lowest BCUT2D eigenvalue weighted by molar-refractivity contribution is -0.139. The molecule has 1 amide bonds. The molecule has 0 radical (unpaired) electrons. The van der Waals surface area contributed by atoms with Crippen molar-refractivity contribution in [2.24, 2.45) is 0 Å². The van der Waals surface area contributed by atoms with Crippen molar-refractivity contribution in [3.63, 3.8) is 0 Å². The Balaban J connectivity index is 1.38. The van der Waals surface area contributed by atoms with Crippen molar-refractivity contribution >= 4 is 36.1 Å². The topological polar surface area (TPSA) is 179 Å². The third-order valence-electron chi connectivity index (χ3n) is 5.96. The Kier molecular flexibility index (Phi) is 14.6. The summed E-state index contributed by atoms with van der Waals surface area (Å²) < 4.78 is 35.5. The summed E-state index contributed by atoms with van der Waals surface area (Å²) in [5, 5.41) is 2.42. The van der Waals surface area contributed by atoms with Gasteiger partial charge in [-0.15, -0.1) is 0 Å². The van der Waals surface area contributed by atoms with Gasteiger partial charge in [-0.1, -0.05) is 13.2 Å². The first kappa shape index (κ1) is 37.0. The third-order valence-corrected chi connectivity index (χ3v) is 5.96. The van der Waals surface area contributed by atoms with Crippen LogP contribution in [0.1, 0.15) is 40.5 Å². The number of unbranched alkanes of at least 4 members (excludes halogenated alkanes) is 1. The van der Waals surface area contributed by atoms with E-state index < -0.39 is 36.1 Å². The lowest BCUT2D eigenvalue weighted by Crippen LogP contribution is -2.30. The minimum atomic E-state index is -0.928. The van der Waals surface area contributed by atoms with Crippen LogP contribution in [-0.4, -0.2) is 62.5 Å². The molecule has 0 aromatic heterocycles. The molecule has 49 heavy (non-hydrogen) atoms. The van der Waals surface area contributed by atoms with Gasteiger partial charge in [-0.05, 0) is 92.6 Å². The fourth-order valence-corrected chi connectivity index (χ4v) is 3.51. The van der Waals surface area contributed by atoms with E-state index in [-0.39, 0.29) is 66.1 Å². The fraction of sp³-hybridized carbons (Fsp3) is 0.200. The number of benzene rings is 3. The van der Waals surface area contributed by atoms with Crippen molar-refractivity contribution in [2.45, 2.75) is 19.8 Å². The first-order valence-corrected chi connectivity index (χ1v) is 14.7. The minimum Gasteiger partial charge on any atom is -0.463 e. The zero-order valence-electron chi connectivity index (χ0n) is 26.5. The molecule has 0 saturated heterocycles. The first-order chi connectivity index (χ1) is 23.5. The highest BCUT2D eigenvalue weighted by Gasteiger charge is 2.14. The molecule has 0 unspecified atom stereocenters. The maximum absolute atomic E-state index is 12.6. The van der Waals surface area contributed by atoms with E-state index in [9.17, 15) is 28.8 Å². The Labute approximate surface area is 281 Å². The second-order valence-corrected chi connectivity index (χ2v) is 9.81. The van der Waals surface area contributed by atoms with Crippen molar-refractivity contribution in [1.29, 1.82) is 0 Å². The van der Waals surface area contributed by atoms with Gasteiger partial charge in [-0.3, -0.25) is 0 Å². The number of hydrogen-bond acceptors (Lipinski definition) is 13. The highest BCUT2D eigenvalue weighted by atomic mass is 16.7. The van der Waals surface area contributed by atoms with Gasteiger partial charge in [0, 0.05) is 11.6 Å². The SMILES string of the molecule is C=CC(=O)OCCCCOC(=O)Oc1ccc(C(=O)Oc2ccc(OC(=O)c3ccc(OC(=O)NCCOC(=O)C(=C)C)cc3)cc2)cc1. The zero-order valence-corrected chi connectivity index (χ0v) is 26.5. The number of carbonyl (C=O) groups is 6. The minimum absolute atomic E-state index is 0.0328. The molecule has 3 aromatic carbocycles. The molecule has 3 aromatic rings. The second kappa shape index (κ2) is 19.3. The molecule has 0 fully saturated rings. The monoisotopic (exact) mass is 675 g/mol. The lowest BCUT2D eigenvalue weighted by atomic mass is 10.2. The summed E-state index contributed by atoms with van der Waals surface area (Å²) in [6.07, 6.45) is 0.311. The van der Waals surface area contributed by atoms with Crippen LogP contribution in [0.3, 0.4) is 0 Å². The van der Waals surface area contributed by atoms with Gasteiger partial charge in [0.15, 0.2) is 0 Å². The smallest absolute Gasteiger partial charge is 0.463 e. The van der Waals surface area contributed by atoms with Crippen LogP contribution in [0.5, 0.6) is 23.0 Å². The number of carbonyl (C=O) groups excluding carboxylic acids is 6. The van der Waals surface area contributed by atoms with Gasteiger partial charge in [-0.25, -0.2) is 28.8 Å². The van der Waals surface area contributed by atoms with Crippen LogP contribution in [-0.2, 0) is 23.8 Å². The van der Waals surface area contributed by atoms with Crippen molar-refractivity contribution in [1.82, 2.24) is 5.32 Å². The molecule has 256 valence electrons. The van der Waals surface area contributed by atoms with E-state index in [1.54, 1.807) is 0 Å². The number of amides is 1. The second-order valence-electron chi connectivity index (χ2n) is 9.81. The van der Waals surface area contributed by atoms with Gasteiger partial charge >= 0.3 is 36.1 Å². The lowest BCUT2D eigenvalue weighted by Gasteiger charge is -2.09. The summed E-state index contributed by atoms with van der Waals surface area (Å²) in [4.78, 5) is 71.1. The van der Waals surface area contributed by atoms with Gasteiger partial charge in [0.05, 0.1) is 30.9 Å². The molecule has 0 atom stereocenters. The quantitative estimate of drug-likeness (QED) is 0.0513. The van der Waals surface area contributed by atoms with Gasteiger partial charge < -0.3 is 38.5 Å². The summed E-state index contributed by atoms with van der Waals surface area (Å²) in [6.45, 7) is 8.48. The van der Waals surface area contributed by atoms with Crippen LogP contribution in [0.2, 0.25) is 0 Å². The largest absolute Gasteiger partial charge is 0.513 e. The Hall–Kier alpha value is -6.44. The zero-order chi connectivity index (χ0) is 35.6. The maximum atomic E-state index is 12.6. The van der Waals surface area contributed by atoms with E-state index in [0.29, 0.717) is 12.8 Å². The van der Waals surface area contributed by atoms with E-state index in [2.05, 4.69) is 18.5 Å². The molecule has 0 heterocycles. The average molecular weight is 676 g/mol. The Morgan fingerprint density at radius 3 is 1.55 bits per heavy atom. The van der Waals surface area contributed by atoms with Crippen LogP contribution in [0.4, 0.5) is 9.59 Å². The number of ether oxygens (including phenoxy) is 7. The van der Waals surface area contributed by atoms with Crippen LogP contribution in [0, 0.1) is 0 Å². The van der Waals surface area contributed by atoms with E-state index >= 15 is 0 Å². The van der Waals surface area contributed by atoms with E-state index in [0.717, 1.165) is 6.08 Å².